The Morgan fingerprint density at radius 3 is 2.76 bits per heavy atom. The van der Waals surface area contributed by atoms with Crippen LogP contribution >= 0.6 is 0 Å². The molecule has 17 heavy (non-hydrogen) atoms. The number of carbonyl (C=O) groups is 2. The molecule has 1 N–H and O–H groups in total. The van der Waals surface area contributed by atoms with Gasteiger partial charge < -0.3 is 15.0 Å². The zero-order valence-corrected chi connectivity index (χ0v) is 10.7. The van der Waals surface area contributed by atoms with E-state index in [9.17, 15) is 9.59 Å². The molecule has 3 atom stereocenters. The average Bonchev–Trinajstić information content (AvgIpc) is 2.63. The Balaban J connectivity index is 2.24. The van der Waals surface area contributed by atoms with E-state index in [1.807, 2.05) is 20.8 Å². The van der Waals surface area contributed by atoms with Gasteiger partial charge in [-0.25, -0.2) is 0 Å². The van der Waals surface area contributed by atoms with Crippen molar-refractivity contribution in [2.75, 3.05) is 13.2 Å². The molecule has 0 bridgehead atoms. The molecule has 2 aliphatic heterocycles. The molecule has 2 fully saturated rings. The molecule has 0 radical (unpaired) electrons. The minimum atomic E-state index is -0.374. The third-order valence-corrected chi connectivity index (χ3v) is 4.08. The Bertz CT molecular complexity index is 345. The molecule has 2 saturated heterocycles. The van der Waals surface area contributed by atoms with Crippen LogP contribution in [0.25, 0.3) is 0 Å². The van der Waals surface area contributed by atoms with Gasteiger partial charge in [0, 0.05) is 6.61 Å². The van der Waals surface area contributed by atoms with Crippen molar-refractivity contribution < 1.29 is 14.3 Å². The fourth-order valence-electron chi connectivity index (χ4n) is 2.60. The number of nitrogens with one attached hydrogen (secondary N) is 1. The second-order valence-electron chi connectivity index (χ2n) is 5.07. The summed E-state index contributed by atoms with van der Waals surface area (Å²) in [6.45, 7) is 6.68. The first-order valence-corrected chi connectivity index (χ1v) is 6.21. The number of piperazine rings is 1. The summed E-state index contributed by atoms with van der Waals surface area (Å²) in [4.78, 5) is 25.6. The molecule has 0 aliphatic carbocycles. The summed E-state index contributed by atoms with van der Waals surface area (Å²) in [6.07, 6.45) is 1.41. The van der Waals surface area contributed by atoms with Crippen molar-refractivity contribution in [2.24, 2.45) is 0 Å². The minimum Gasteiger partial charge on any atom is -0.376 e. The molecular formula is C12H20N2O3. The summed E-state index contributed by atoms with van der Waals surface area (Å²) in [5.74, 6) is -0.0521. The number of hydrogen-bond donors (Lipinski definition) is 1. The Morgan fingerprint density at radius 2 is 2.24 bits per heavy atom. The standard InChI is InChI=1S/C12H20N2O3/c1-4-9-11(16)14(7-10(15)13-9)12(3)5-6-17-8(12)2/h8-9H,4-7H2,1-3H3,(H,13,15). The van der Waals surface area contributed by atoms with Crippen molar-refractivity contribution in [1.29, 1.82) is 0 Å². The van der Waals surface area contributed by atoms with Gasteiger partial charge in [-0.15, -0.1) is 0 Å². The SMILES string of the molecule is CCC1NC(=O)CN(C2(C)CCOC2C)C1=O. The number of ether oxygens (including phenoxy) is 1. The molecular weight excluding hydrogens is 220 g/mol. The van der Waals surface area contributed by atoms with Crippen molar-refractivity contribution in [3.8, 4) is 0 Å². The maximum absolute atomic E-state index is 12.3. The van der Waals surface area contributed by atoms with E-state index in [1.54, 1.807) is 4.90 Å². The van der Waals surface area contributed by atoms with Crippen LogP contribution in [0.3, 0.4) is 0 Å². The van der Waals surface area contributed by atoms with Gasteiger partial charge in [0.1, 0.15) is 12.6 Å². The van der Waals surface area contributed by atoms with Crippen LogP contribution in [0.1, 0.15) is 33.6 Å². The van der Waals surface area contributed by atoms with E-state index in [2.05, 4.69) is 5.32 Å². The van der Waals surface area contributed by atoms with Crippen molar-refractivity contribution in [2.45, 2.75) is 51.3 Å². The van der Waals surface area contributed by atoms with Gasteiger partial charge in [-0.2, -0.15) is 0 Å². The van der Waals surface area contributed by atoms with Crippen molar-refractivity contribution in [3.05, 3.63) is 0 Å². The van der Waals surface area contributed by atoms with E-state index in [4.69, 9.17) is 4.74 Å². The van der Waals surface area contributed by atoms with Crippen LogP contribution in [0.4, 0.5) is 0 Å². The molecule has 0 aromatic rings. The van der Waals surface area contributed by atoms with Crippen molar-refractivity contribution in [1.82, 2.24) is 10.2 Å². The number of hydrogen-bond acceptors (Lipinski definition) is 3. The van der Waals surface area contributed by atoms with Gasteiger partial charge in [0.2, 0.25) is 11.8 Å². The summed E-state index contributed by atoms with van der Waals surface area (Å²) < 4.78 is 5.55. The van der Waals surface area contributed by atoms with E-state index in [0.29, 0.717) is 13.0 Å². The van der Waals surface area contributed by atoms with Crippen LogP contribution in [0.5, 0.6) is 0 Å². The van der Waals surface area contributed by atoms with Crippen LogP contribution in [0.2, 0.25) is 0 Å². The highest BCUT2D eigenvalue weighted by Gasteiger charge is 2.48. The van der Waals surface area contributed by atoms with E-state index in [0.717, 1.165) is 6.42 Å². The zero-order valence-electron chi connectivity index (χ0n) is 10.7. The molecule has 2 aliphatic rings. The fourth-order valence-corrected chi connectivity index (χ4v) is 2.60. The topological polar surface area (TPSA) is 58.6 Å². The van der Waals surface area contributed by atoms with Crippen LogP contribution < -0.4 is 5.32 Å². The maximum atomic E-state index is 12.3. The predicted molar refractivity (Wildman–Crippen MR) is 62.4 cm³/mol. The molecule has 2 amide bonds. The van der Waals surface area contributed by atoms with E-state index in [1.165, 1.54) is 0 Å². The van der Waals surface area contributed by atoms with Crippen LogP contribution in [0.15, 0.2) is 0 Å². The lowest BCUT2D eigenvalue weighted by Gasteiger charge is -2.44. The molecule has 2 rings (SSSR count). The fraction of sp³-hybridized carbons (Fsp3) is 0.833. The molecule has 96 valence electrons. The monoisotopic (exact) mass is 240 g/mol. The van der Waals surface area contributed by atoms with E-state index < -0.39 is 0 Å². The number of amides is 2. The lowest BCUT2D eigenvalue weighted by molar-refractivity contribution is -0.152. The highest BCUT2D eigenvalue weighted by molar-refractivity contribution is 5.95. The predicted octanol–water partition coefficient (Wildman–Crippen LogP) is 0.291. The number of nitrogens with zero attached hydrogens (tertiary/aromatic N) is 1. The third-order valence-electron chi connectivity index (χ3n) is 4.08. The minimum absolute atomic E-state index is 0.0187. The summed E-state index contributed by atoms with van der Waals surface area (Å²) >= 11 is 0. The Kier molecular flexibility index (Phi) is 3.12. The van der Waals surface area contributed by atoms with Crippen molar-refractivity contribution in [3.63, 3.8) is 0 Å². The highest BCUT2D eigenvalue weighted by atomic mass is 16.5. The summed E-state index contributed by atoms with van der Waals surface area (Å²) in [7, 11) is 0. The number of rotatable bonds is 2. The third kappa shape index (κ3) is 1.92. The zero-order chi connectivity index (χ0) is 12.6. The van der Waals surface area contributed by atoms with E-state index >= 15 is 0 Å². The van der Waals surface area contributed by atoms with Gasteiger partial charge in [-0.1, -0.05) is 6.92 Å². The van der Waals surface area contributed by atoms with Crippen molar-refractivity contribution >= 4 is 11.8 Å². The Hall–Kier alpha value is -1.10. The lowest BCUT2D eigenvalue weighted by Crippen LogP contribution is -2.65. The van der Waals surface area contributed by atoms with Gasteiger partial charge >= 0.3 is 0 Å². The van der Waals surface area contributed by atoms with Crippen LogP contribution in [-0.4, -0.2) is 47.6 Å². The second kappa shape index (κ2) is 4.29. The average molecular weight is 240 g/mol. The first-order valence-electron chi connectivity index (χ1n) is 6.21. The molecule has 5 heteroatoms. The smallest absolute Gasteiger partial charge is 0.246 e. The second-order valence-corrected chi connectivity index (χ2v) is 5.07. The maximum Gasteiger partial charge on any atom is 0.246 e. The quantitative estimate of drug-likeness (QED) is 0.755. The molecule has 2 heterocycles. The molecule has 5 nitrogen and oxygen atoms in total. The first kappa shape index (κ1) is 12.4. The normalized spacial score (nSPS) is 38.4. The molecule has 0 aromatic heterocycles. The highest BCUT2D eigenvalue weighted by Crippen LogP contribution is 2.33. The van der Waals surface area contributed by atoms with Gasteiger partial charge in [0.15, 0.2) is 0 Å². The van der Waals surface area contributed by atoms with Crippen LogP contribution in [-0.2, 0) is 14.3 Å². The number of carbonyl (C=O) groups excluding carboxylic acids is 2. The van der Waals surface area contributed by atoms with E-state index in [-0.39, 0.29) is 36.0 Å². The largest absolute Gasteiger partial charge is 0.376 e. The molecule has 3 unspecified atom stereocenters. The van der Waals surface area contributed by atoms with Gasteiger partial charge in [-0.05, 0) is 26.7 Å². The lowest BCUT2D eigenvalue weighted by atomic mass is 9.90. The Morgan fingerprint density at radius 1 is 1.53 bits per heavy atom. The van der Waals surface area contributed by atoms with Gasteiger partial charge in [-0.3, -0.25) is 9.59 Å². The first-order chi connectivity index (χ1) is 7.99. The summed E-state index contributed by atoms with van der Waals surface area (Å²) in [5, 5.41) is 2.73. The van der Waals surface area contributed by atoms with Gasteiger partial charge in [0.25, 0.3) is 0 Å². The molecule has 0 aromatic carbocycles. The molecule has 0 spiro atoms. The molecule has 0 saturated carbocycles. The summed E-state index contributed by atoms with van der Waals surface area (Å²) in [5.41, 5.74) is -0.345. The van der Waals surface area contributed by atoms with Crippen LogP contribution in [0, 0.1) is 0 Å². The Labute approximate surface area is 101 Å². The van der Waals surface area contributed by atoms with Gasteiger partial charge in [0.05, 0.1) is 11.6 Å². The summed E-state index contributed by atoms with van der Waals surface area (Å²) in [6, 6.07) is -0.374.